The third-order valence-electron chi connectivity index (χ3n) is 6.04. The molecule has 182 valence electrons. The molecule has 1 aliphatic rings. The Morgan fingerprint density at radius 3 is 2.35 bits per heavy atom. The lowest BCUT2D eigenvalue weighted by Gasteiger charge is -2.37. The molecule has 1 fully saturated rings. The molecule has 2 amide bonds. The number of likely N-dealkylation sites (tertiary alicyclic amines) is 1. The van der Waals surface area contributed by atoms with Crippen LogP contribution in [-0.4, -0.2) is 47.5 Å². The topological polar surface area (TPSA) is 73.5 Å². The molecule has 0 aliphatic carbocycles. The number of aryl methyl sites for hydroxylation is 1. The van der Waals surface area contributed by atoms with Crippen LogP contribution in [-0.2, 0) is 4.79 Å². The molecule has 2 aromatic rings. The SMILES string of the molecule is Cc1ccccc1C(=O)NC(C(=O)NCC(C)C)C1CCN(C(=S)Nc2ccc(F)cc2)CC1. The van der Waals surface area contributed by atoms with Gasteiger partial charge in [0.2, 0.25) is 5.91 Å². The molecule has 0 saturated carbocycles. The van der Waals surface area contributed by atoms with Crippen molar-refractivity contribution in [3.63, 3.8) is 0 Å². The minimum absolute atomic E-state index is 0.00926. The first-order chi connectivity index (χ1) is 16.2. The Bertz CT molecular complexity index is 1000. The van der Waals surface area contributed by atoms with Crippen molar-refractivity contribution >= 4 is 34.8 Å². The second-order valence-corrected chi connectivity index (χ2v) is 9.55. The number of thiocarbonyl (C=S) groups is 1. The number of benzene rings is 2. The number of carbonyl (C=O) groups excluding carboxylic acids is 2. The number of piperidine rings is 1. The molecule has 0 radical (unpaired) electrons. The van der Waals surface area contributed by atoms with E-state index in [1.54, 1.807) is 18.2 Å². The lowest BCUT2D eigenvalue weighted by atomic mass is 9.88. The maximum absolute atomic E-state index is 13.1. The van der Waals surface area contributed by atoms with E-state index in [0.29, 0.717) is 49.1 Å². The lowest BCUT2D eigenvalue weighted by molar-refractivity contribution is -0.124. The predicted molar refractivity (Wildman–Crippen MR) is 137 cm³/mol. The van der Waals surface area contributed by atoms with Gasteiger partial charge in [0.15, 0.2) is 5.11 Å². The summed E-state index contributed by atoms with van der Waals surface area (Å²) in [6, 6.07) is 12.8. The number of halogens is 1. The van der Waals surface area contributed by atoms with Crippen molar-refractivity contribution in [2.75, 3.05) is 25.0 Å². The quantitative estimate of drug-likeness (QED) is 0.516. The van der Waals surface area contributed by atoms with Gasteiger partial charge in [-0.2, -0.15) is 0 Å². The summed E-state index contributed by atoms with van der Waals surface area (Å²) in [6.45, 7) is 7.83. The molecule has 1 aliphatic heterocycles. The number of rotatable bonds is 7. The van der Waals surface area contributed by atoms with Crippen molar-refractivity contribution in [2.45, 2.75) is 39.7 Å². The average Bonchev–Trinajstić information content (AvgIpc) is 2.82. The second kappa shape index (κ2) is 11.9. The highest BCUT2D eigenvalue weighted by molar-refractivity contribution is 7.80. The smallest absolute Gasteiger partial charge is 0.252 e. The van der Waals surface area contributed by atoms with Crippen molar-refractivity contribution in [3.8, 4) is 0 Å². The Labute approximate surface area is 206 Å². The summed E-state index contributed by atoms with van der Waals surface area (Å²) < 4.78 is 13.1. The van der Waals surface area contributed by atoms with Gasteiger partial charge in [0, 0.05) is 30.9 Å². The van der Waals surface area contributed by atoms with E-state index in [9.17, 15) is 14.0 Å². The number of amides is 2. The van der Waals surface area contributed by atoms with Gasteiger partial charge in [-0.15, -0.1) is 0 Å². The van der Waals surface area contributed by atoms with Crippen molar-refractivity contribution in [3.05, 3.63) is 65.5 Å². The molecule has 34 heavy (non-hydrogen) atoms. The molecule has 1 atom stereocenters. The summed E-state index contributed by atoms with van der Waals surface area (Å²) in [7, 11) is 0. The molecule has 0 bridgehead atoms. The van der Waals surface area contributed by atoms with Crippen LogP contribution in [0.5, 0.6) is 0 Å². The molecule has 1 saturated heterocycles. The lowest BCUT2D eigenvalue weighted by Crippen LogP contribution is -2.54. The van der Waals surface area contributed by atoms with Crippen LogP contribution < -0.4 is 16.0 Å². The largest absolute Gasteiger partial charge is 0.354 e. The number of hydrogen-bond donors (Lipinski definition) is 3. The molecule has 0 aromatic heterocycles. The molecule has 0 spiro atoms. The Morgan fingerprint density at radius 1 is 1.09 bits per heavy atom. The third-order valence-corrected chi connectivity index (χ3v) is 6.40. The number of anilines is 1. The van der Waals surface area contributed by atoms with Crippen molar-refractivity contribution in [1.82, 2.24) is 15.5 Å². The van der Waals surface area contributed by atoms with Crippen LogP contribution in [0.2, 0.25) is 0 Å². The highest BCUT2D eigenvalue weighted by Crippen LogP contribution is 2.23. The molecular formula is C26H33FN4O2S. The van der Waals surface area contributed by atoms with Gasteiger partial charge in [-0.3, -0.25) is 9.59 Å². The van der Waals surface area contributed by atoms with E-state index in [2.05, 4.69) is 16.0 Å². The predicted octanol–water partition coefficient (Wildman–Crippen LogP) is 4.11. The Hall–Kier alpha value is -3.00. The van der Waals surface area contributed by atoms with Gasteiger partial charge in [0.05, 0.1) is 0 Å². The number of nitrogens with zero attached hydrogens (tertiary/aromatic N) is 1. The van der Waals surface area contributed by atoms with Crippen molar-refractivity contribution < 1.29 is 14.0 Å². The molecule has 3 N–H and O–H groups in total. The van der Waals surface area contributed by atoms with E-state index >= 15 is 0 Å². The minimum atomic E-state index is -0.619. The Kier molecular flexibility index (Phi) is 8.98. The number of nitrogens with one attached hydrogen (secondary N) is 3. The monoisotopic (exact) mass is 484 g/mol. The normalized spacial score (nSPS) is 15.0. The fourth-order valence-electron chi connectivity index (χ4n) is 4.03. The summed E-state index contributed by atoms with van der Waals surface area (Å²) in [6.07, 6.45) is 1.41. The van der Waals surface area contributed by atoms with Crippen molar-refractivity contribution in [1.29, 1.82) is 0 Å². The summed E-state index contributed by atoms with van der Waals surface area (Å²) in [5, 5.41) is 9.69. The van der Waals surface area contributed by atoms with E-state index in [0.717, 1.165) is 11.3 Å². The first-order valence-corrected chi connectivity index (χ1v) is 12.1. The third kappa shape index (κ3) is 7.00. The van der Waals surface area contributed by atoms with Crippen LogP contribution in [0.4, 0.5) is 10.1 Å². The number of hydrogen-bond acceptors (Lipinski definition) is 3. The van der Waals surface area contributed by atoms with Crippen LogP contribution in [0.3, 0.4) is 0 Å². The zero-order valence-corrected chi connectivity index (χ0v) is 20.8. The highest BCUT2D eigenvalue weighted by atomic mass is 32.1. The van der Waals surface area contributed by atoms with Crippen molar-refractivity contribution in [2.24, 2.45) is 11.8 Å². The average molecular weight is 485 g/mol. The summed E-state index contributed by atoms with van der Waals surface area (Å²) in [4.78, 5) is 28.1. The summed E-state index contributed by atoms with van der Waals surface area (Å²) >= 11 is 5.54. The Balaban J connectivity index is 1.64. The van der Waals surface area contributed by atoms with Gasteiger partial charge in [-0.05, 0) is 79.7 Å². The number of carbonyl (C=O) groups is 2. The van der Waals surface area contributed by atoms with Gasteiger partial charge in [-0.1, -0.05) is 32.0 Å². The maximum Gasteiger partial charge on any atom is 0.252 e. The van der Waals surface area contributed by atoms with Gasteiger partial charge < -0.3 is 20.9 Å². The maximum atomic E-state index is 13.1. The summed E-state index contributed by atoms with van der Waals surface area (Å²) in [5.74, 6) is -0.384. The second-order valence-electron chi connectivity index (χ2n) is 9.17. The standard InChI is InChI=1S/C26H33FN4O2S/c1-17(2)16-28-25(33)23(30-24(32)22-7-5-4-6-18(22)3)19-12-14-31(15-13-19)26(34)29-21-10-8-20(27)9-11-21/h4-11,17,19,23H,12-16H2,1-3H3,(H,28,33)(H,29,34)(H,30,32). The molecule has 3 rings (SSSR count). The fourth-order valence-corrected chi connectivity index (χ4v) is 4.33. The van der Waals surface area contributed by atoms with Gasteiger partial charge in [0.1, 0.15) is 11.9 Å². The van der Waals surface area contributed by atoms with Crippen LogP contribution in [0.1, 0.15) is 42.6 Å². The molecule has 1 unspecified atom stereocenters. The summed E-state index contributed by atoms with van der Waals surface area (Å²) in [5.41, 5.74) is 2.17. The van der Waals surface area contributed by atoms with Gasteiger partial charge in [0.25, 0.3) is 5.91 Å². The van der Waals surface area contributed by atoms with Crippen LogP contribution in [0, 0.1) is 24.6 Å². The van der Waals surface area contributed by atoms with Gasteiger partial charge in [-0.25, -0.2) is 4.39 Å². The van der Waals surface area contributed by atoms with Crippen LogP contribution >= 0.6 is 12.2 Å². The zero-order valence-electron chi connectivity index (χ0n) is 19.9. The van der Waals surface area contributed by atoms with E-state index in [1.165, 1.54) is 12.1 Å². The Morgan fingerprint density at radius 2 is 1.74 bits per heavy atom. The van der Waals surface area contributed by atoms with Crippen LogP contribution in [0.15, 0.2) is 48.5 Å². The highest BCUT2D eigenvalue weighted by Gasteiger charge is 2.33. The molecule has 8 heteroatoms. The van der Waals surface area contributed by atoms with E-state index < -0.39 is 6.04 Å². The zero-order chi connectivity index (χ0) is 24.7. The first kappa shape index (κ1) is 25.6. The van der Waals surface area contributed by atoms with Gasteiger partial charge >= 0.3 is 0 Å². The van der Waals surface area contributed by atoms with E-state index in [1.807, 2.05) is 43.9 Å². The molecule has 6 nitrogen and oxygen atoms in total. The molecule has 2 aromatic carbocycles. The van der Waals surface area contributed by atoms with E-state index in [4.69, 9.17) is 12.2 Å². The first-order valence-electron chi connectivity index (χ1n) is 11.7. The van der Waals surface area contributed by atoms with Crippen LogP contribution in [0.25, 0.3) is 0 Å². The molecular weight excluding hydrogens is 451 g/mol. The fraction of sp³-hybridized carbons (Fsp3) is 0.423. The van der Waals surface area contributed by atoms with E-state index in [-0.39, 0.29) is 23.5 Å². The minimum Gasteiger partial charge on any atom is -0.354 e. The molecule has 1 heterocycles.